The fourth-order valence-corrected chi connectivity index (χ4v) is 2.48. The van der Waals surface area contributed by atoms with Gasteiger partial charge >= 0.3 is 0 Å². The zero-order chi connectivity index (χ0) is 13.0. The Balaban J connectivity index is 1.76. The van der Waals surface area contributed by atoms with Crippen LogP contribution in [0, 0.1) is 11.8 Å². The summed E-state index contributed by atoms with van der Waals surface area (Å²) < 4.78 is 0. The Labute approximate surface area is 111 Å². The van der Waals surface area contributed by atoms with Crippen LogP contribution in [0.4, 0.5) is 0 Å². The number of hydrogen-bond acceptors (Lipinski definition) is 2. The summed E-state index contributed by atoms with van der Waals surface area (Å²) in [5.74, 6) is 2.61. The van der Waals surface area contributed by atoms with Crippen molar-refractivity contribution in [3.8, 4) is 0 Å². The maximum absolute atomic E-state index is 4.75. The highest BCUT2D eigenvalue weighted by Gasteiger charge is 2.33. The van der Waals surface area contributed by atoms with E-state index in [1.807, 2.05) is 0 Å². The minimum atomic E-state index is 0.653. The molecule has 0 aromatic heterocycles. The topological polar surface area (TPSA) is 39.7 Å². The van der Waals surface area contributed by atoms with E-state index in [2.05, 4.69) is 36.4 Å². The average Bonchev–Trinajstić information content (AvgIpc) is 3.04. The first kappa shape index (κ1) is 13.7. The summed E-state index contributed by atoms with van der Waals surface area (Å²) in [4.78, 5) is 7.16. The number of guanidine groups is 1. The molecular weight excluding hydrogens is 224 g/mol. The number of likely N-dealkylation sites (tertiary alicyclic amines) is 1. The number of piperidine rings is 1. The Morgan fingerprint density at radius 3 is 2.56 bits per heavy atom. The second-order valence-corrected chi connectivity index (χ2v) is 5.93. The third-order valence-electron chi connectivity index (χ3n) is 4.12. The van der Waals surface area contributed by atoms with E-state index in [1.54, 1.807) is 0 Å². The van der Waals surface area contributed by atoms with Gasteiger partial charge in [-0.1, -0.05) is 6.92 Å². The number of nitrogens with one attached hydrogen (secondary N) is 2. The zero-order valence-electron chi connectivity index (χ0n) is 12.1. The SMILES string of the molecule is CCNC(=NCC1CCN(C)CC1)NC1CC1C. The van der Waals surface area contributed by atoms with Gasteiger partial charge in [-0.2, -0.15) is 0 Å². The van der Waals surface area contributed by atoms with Crippen molar-refractivity contribution in [2.24, 2.45) is 16.8 Å². The average molecular weight is 252 g/mol. The van der Waals surface area contributed by atoms with E-state index < -0.39 is 0 Å². The van der Waals surface area contributed by atoms with Crippen LogP contribution in [-0.4, -0.2) is 50.1 Å². The minimum absolute atomic E-state index is 0.653. The van der Waals surface area contributed by atoms with Gasteiger partial charge in [0.25, 0.3) is 0 Å². The van der Waals surface area contributed by atoms with Gasteiger partial charge in [-0.25, -0.2) is 0 Å². The molecule has 0 aromatic rings. The van der Waals surface area contributed by atoms with Crippen LogP contribution in [0.25, 0.3) is 0 Å². The highest BCUT2D eigenvalue weighted by molar-refractivity contribution is 5.80. The van der Waals surface area contributed by atoms with E-state index in [1.165, 1.54) is 32.4 Å². The first-order chi connectivity index (χ1) is 8.69. The van der Waals surface area contributed by atoms with Crippen LogP contribution in [0.15, 0.2) is 4.99 Å². The molecule has 1 saturated carbocycles. The molecule has 1 heterocycles. The molecule has 104 valence electrons. The quantitative estimate of drug-likeness (QED) is 0.585. The molecule has 0 aromatic carbocycles. The van der Waals surface area contributed by atoms with Gasteiger partial charge in [-0.05, 0) is 58.2 Å². The largest absolute Gasteiger partial charge is 0.357 e. The lowest BCUT2D eigenvalue weighted by Gasteiger charge is -2.28. The van der Waals surface area contributed by atoms with Gasteiger partial charge in [-0.15, -0.1) is 0 Å². The molecule has 0 amide bonds. The maximum Gasteiger partial charge on any atom is 0.191 e. The van der Waals surface area contributed by atoms with Crippen molar-refractivity contribution < 1.29 is 0 Å². The standard InChI is InChI=1S/C14H28N4/c1-4-15-14(17-13-9-11(13)2)16-10-12-5-7-18(3)8-6-12/h11-13H,4-10H2,1-3H3,(H2,15,16,17). The molecule has 2 rings (SSSR count). The molecule has 2 unspecified atom stereocenters. The predicted molar refractivity (Wildman–Crippen MR) is 76.9 cm³/mol. The Morgan fingerprint density at radius 1 is 1.33 bits per heavy atom. The lowest BCUT2D eigenvalue weighted by atomic mass is 9.97. The number of rotatable bonds is 4. The van der Waals surface area contributed by atoms with Crippen LogP contribution >= 0.6 is 0 Å². The van der Waals surface area contributed by atoms with Crippen LogP contribution in [0.1, 0.15) is 33.1 Å². The van der Waals surface area contributed by atoms with E-state index in [0.29, 0.717) is 6.04 Å². The van der Waals surface area contributed by atoms with Gasteiger partial charge in [0.2, 0.25) is 0 Å². The summed E-state index contributed by atoms with van der Waals surface area (Å²) in [5.41, 5.74) is 0. The minimum Gasteiger partial charge on any atom is -0.357 e. The van der Waals surface area contributed by atoms with Crippen molar-refractivity contribution in [3.63, 3.8) is 0 Å². The number of nitrogens with zero attached hydrogens (tertiary/aromatic N) is 2. The van der Waals surface area contributed by atoms with E-state index >= 15 is 0 Å². The first-order valence-electron chi connectivity index (χ1n) is 7.42. The van der Waals surface area contributed by atoms with Crippen molar-refractivity contribution in [2.45, 2.75) is 39.2 Å². The summed E-state index contributed by atoms with van der Waals surface area (Å²) >= 11 is 0. The van der Waals surface area contributed by atoms with Crippen LogP contribution in [0.2, 0.25) is 0 Å². The molecule has 2 atom stereocenters. The molecular formula is C14H28N4. The van der Waals surface area contributed by atoms with Gasteiger partial charge in [0, 0.05) is 19.1 Å². The van der Waals surface area contributed by atoms with Crippen LogP contribution < -0.4 is 10.6 Å². The van der Waals surface area contributed by atoms with Crippen LogP contribution in [0.3, 0.4) is 0 Å². The fraction of sp³-hybridized carbons (Fsp3) is 0.929. The molecule has 0 bridgehead atoms. The van der Waals surface area contributed by atoms with Crippen LogP contribution in [0.5, 0.6) is 0 Å². The fourth-order valence-electron chi connectivity index (χ4n) is 2.48. The van der Waals surface area contributed by atoms with E-state index in [-0.39, 0.29) is 0 Å². The lowest BCUT2D eigenvalue weighted by Crippen LogP contribution is -2.40. The van der Waals surface area contributed by atoms with Crippen molar-refractivity contribution in [2.75, 3.05) is 33.2 Å². The van der Waals surface area contributed by atoms with E-state index in [4.69, 9.17) is 4.99 Å². The van der Waals surface area contributed by atoms with Crippen molar-refractivity contribution in [1.82, 2.24) is 15.5 Å². The summed E-state index contributed by atoms with van der Waals surface area (Å²) in [6.07, 6.45) is 3.87. The molecule has 0 radical (unpaired) electrons. The van der Waals surface area contributed by atoms with E-state index in [0.717, 1.165) is 30.9 Å². The van der Waals surface area contributed by atoms with Gasteiger partial charge < -0.3 is 15.5 Å². The second kappa shape index (κ2) is 6.41. The van der Waals surface area contributed by atoms with Crippen molar-refractivity contribution in [1.29, 1.82) is 0 Å². The number of hydrogen-bond donors (Lipinski definition) is 2. The summed E-state index contributed by atoms with van der Waals surface area (Å²) in [5, 5.41) is 6.87. The molecule has 2 aliphatic rings. The third-order valence-corrected chi connectivity index (χ3v) is 4.12. The lowest BCUT2D eigenvalue weighted by molar-refractivity contribution is 0.223. The Kier molecular flexibility index (Phi) is 4.87. The van der Waals surface area contributed by atoms with Gasteiger partial charge in [0.1, 0.15) is 0 Å². The molecule has 1 saturated heterocycles. The first-order valence-corrected chi connectivity index (χ1v) is 7.42. The molecule has 18 heavy (non-hydrogen) atoms. The Bertz CT molecular complexity index is 282. The molecule has 0 spiro atoms. The van der Waals surface area contributed by atoms with Crippen molar-refractivity contribution >= 4 is 5.96 Å². The monoisotopic (exact) mass is 252 g/mol. The Morgan fingerprint density at radius 2 is 2.00 bits per heavy atom. The van der Waals surface area contributed by atoms with Gasteiger partial charge in [0.05, 0.1) is 0 Å². The highest BCUT2D eigenvalue weighted by atomic mass is 15.2. The molecule has 1 aliphatic carbocycles. The van der Waals surface area contributed by atoms with E-state index in [9.17, 15) is 0 Å². The predicted octanol–water partition coefficient (Wildman–Crippen LogP) is 1.29. The molecule has 2 fully saturated rings. The normalized spacial score (nSPS) is 30.3. The van der Waals surface area contributed by atoms with Gasteiger partial charge in [-0.3, -0.25) is 4.99 Å². The van der Waals surface area contributed by atoms with Gasteiger partial charge in [0.15, 0.2) is 5.96 Å². The maximum atomic E-state index is 4.75. The third kappa shape index (κ3) is 4.16. The van der Waals surface area contributed by atoms with Crippen molar-refractivity contribution in [3.05, 3.63) is 0 Å². The smallest absolute Gasteiger partial charge is 0.191 e. The summed E-state index contributed by atoms with van der Waals surface area (Å²) in [7, 11) is 2.21. The molecule has 4 heteroatoms. The van der Waals surface area contributed by atoms with Crippen LogP contribution in [-0.2, 0) is 0 Å². The zero-order valence-corrected chi connectivity index (χ0v) is 12.1. The summed E-state index contributed by atoms with van der Waals surface area (Å²) in [6.45, 7) is 8.79. The second-order valence-electron chi connectivity index (χ2n) is 5.93. The highest BCUT2D eigenvalue weighted by Crippen LogP contribution is 2.28. The Hall–Kier alpha value is -0.770. The number of aliphatic imine (C=N–C) groups is 1. The molecule has 2 N–H and O–H groups in total. The molecule has 4 nitrogen and oxygen atoms in total. The summed E-state index contributed by atoms with van der Waals surface area (Å²) in [6, 6.07) is 0.653. The molecule has 1 aliphatic heterocycles.